The van der Waals surface area contributed by atoms with E-state index >= 15 is 0 Å². The van der Waals surface area contributed by atoms with Crippen molar-refractivity contribution in [2.24, 2.45) is 5.92 Å². The largest absolute Gasteiger partial charge is 0.461 e. The molecule has 1 heterocycles. The summed E-state index contributed by atoms with van der Waals surface area (Å²) in [6, 6.07) is 8.59. The van der Waals surface area contributed by atoms with Crippen molar-refractivity contribution in [2.45, 2.75) is 46.5 Å². The third-order valence-electron chi connectivity index (χ3n) is 3.24. The molecule has 1 nitrogen and oxygen atoms in total. The molecule has 2 rings (SSSR count). The normalized spacial score (nSPS) is 11.9. The van der Waals surface area contributed by atoms with E-state index in [9.17, 15) is 0 Å². The van der Waals surface area contributed by atoms with Crippen LogP contribution in [0.1, 0.15) is 51.4 Å². The predicted molar refractivity (Wildman–Crippen MR) is 73.5 cm³/mol. The van der Waals surface area contributed by atoms with Crippen molar-refractivity contribution >= 4 is 11.0 Å². The summed E-state index contributed by atoms with van der Waals surface area (Å²) < 4.78 is 5.91. The Morgan fingerprint density at radius 3 is 2.53 bits per heavy atom. The Balaban J connectivity index is 2.33. The summed E-state index contributed by atoms with van der Waals surface area (Å²) in [5, 5.41) is 1.29. The highest BCUT2D eigenvalue weighted by Crippen LogP contribution is 2.28. The lowest BCUT2D eigenvalue weighted by molar-refractivity contribution is 0.499. The first-order chi connectivity index (χ1) is 8.08. The molecule has 0 N–H and O–H groups in total. The topological polar surface area (TPSA) is 13.1 Å². The van der Waals surface area contributed by atoms with Crippen molar-refractivity contribution in [3.63, 3.8) is 0 Å². The molecule has 0 radical (unpaired) electrons. The van der Waals surface area contributed by atoms with Gasteiger partial charge in [0.2, 0.25) is 0 Å². The van der Waals surface area contributed by atoms with Gasteiger partial charge in [0.25, 0.3) is 0 Å². The van der Waals surface area contributed by atoms with E-state index in [0.717, 1.165) is 23.7 Å². The van der Waals surface area contributed by atoms with Crippen LogP contribution in [-0.4, -0.2) is 0 Å². The number of benzene rings is 1. The number of rotatable bonds is 4. The molecule has 0 atom stereocenters. The molecular weight excluding hydrogens is 208 g/mol. The SMILES string of the molecule is CC(C)CCc1cc2c(C(C)C)cccc2o1. The van der Waals surface area contributed by atoms with Gasteiger partial charge in [-0.1, -0.05) is 39.8 Å². The zero-order chi connectivity index (χ0) is 12.4. The highest BCUT2D eigenvalue weighted by atomic mass is 16.3. The first kappa shape index (κ1) is 12.2. The third-order valence-corrected chi connectivity index (χ3v) is 3.24. The van der Waals surface area contributed by atoms with Crippen LogP contribution in [-0.2, 0) is 6.42 Å². The van der Waals surface area contributed by atoms with Gasteiger partial charge in [0.05, 0.1) is 0 Å². The summed E-state index contributed by atoms with van der Waals surface area (Å²) in [7, 11) is 0. The highest BCUT2D eigenvalue weighted by Gasteiger charge is 2.10. The average Bonchev–Trinajstić information content (AvgIpc) is 2.68. The van der Waals surface area contributed by atoms with E-state index < -0.39 is 0 Å². The molecule has 0 amide bonds. The van der Waals surface area contributed by atoms with E-state index in [1.54, 1.807) is 0 Å². The van der Waals surface area contributed by atoms with Gasteiger partial charge in [-0.2, -0.15) is 0 Å². The minimum Gasteiger partial charge on any atom is -0.461 e. The van der Waals surface area contributed by atoms with E-state index in [2.05, 4.69) is 52.0 Å². The Morgan fingerprint density at radius 2 is 1.88 bits per heavy atom. The van der Waals surface area contributed by atoms with E-state index in [1.807, 2.05) is 0 Å². The molecule has 0 saturated heterocycles. The van der Waals surface area contributed by atoms with E-state index in [1.165, 1.54) is 17.4 Å². The standard InChI is InChI=1S/C16H22O/c1-11(2)8-9-13-10-15-14(12(3)4)6-5-7-16(15)17-13/h5-7,10-12H,8-9H2,1-4H3. The van der Waals surface area contributed by atoms with Gasteiger partial charge in [0, 0.05) is 11.8 Å². The van der Waals surface area contributed by atoms with Crippen LogP contribution in [0.25, 0.3) is 11.0 Å². The fourth-order valence-corrected chi connectivity index (χ4v) is 2.19. The minimum atomic E-state index is 0.550. The van der Waals surface area contributed by atoms with Crippen LogP contribution in [0.4, 0.5) is 0 Å². The van der Waals surface area contributed by atoms with Crippen LogP contribution >= 0.6 is 0 Å². The molecule has 0 fully saturated rings. The number of fused-ring (bicyclic) bond motifs is 1. The average molecular weight is 230 g/mol. The number of hydrogen-bond donors (Lipinski definition) is 0. The Kier molecular flexibility index (Phi) is 3.56. The van der Waals surface area contributed by atoms with Gasteiger partial charge >= 0.3 is 0 Å². The molecule has 1 aromatic carbocycles. The molecule has 0 aliphatic heterocycles. The van der Waals surface area contributed by atoms with Crippen molar-refractivity contribution in [2.75, 3.05) is 0 Å². The summed E-state index contributed by atoms with van der Waals surface area (Å²) in [5.74, 6) is 2.41. The van der Waals surface area contributed by atoms with E-state index in [0.29, 0.717) is 5.92 Å². The van der Waals surface area contributed by atoms with Crippen molar-refractivity contribution < 1.29 is 4.42 Å². The summed E-state index contributed by atoms with van der Waals surface area (Å²) in [5.41, 5.74) is 2.43. The Labute approximate surface area is 104 Å². The molecule has 92 valence electrons. The van der Waals surface area contributed by atoms with Crippen molar-refractivity contribution in [1.82, 2.24) is 0 Å². The molecular formula is C16H22O. The fourth-order valence-electron chi connectivity index (χ4n) is 2.19. The molecule has 1 aromatic heterocycles. The van der Waals surface area contributed by atoms with Gasteiger partial charge in [-0.25, -0.2) is 0 Å². The van der Waals surface area contributed by atoms with Crippen molar-refractivity contribution in [3.05, 3.63) is 35.6 Å². The van der Waals surface area contributed by atoms with E-state index in [4.69, 9.17) is 4.42 Å². The lowest BCUT2D eigenvalue weighted by Gasteiger charge is -2.04. The van der Waals surface area contributed by atoms with Gasteiger partial charge in [-0.15, -0.1) is 0 Å². The van der Waals surface area contributed by atoms with Gasteiger partial charge in [-0.3, -0.25) is 0 Å². The molecule has 0 bridgehead atoms. The zero-order valence-electron chi connectivity index (χ0n) is 11.3. The summed E-state index contributed by atoms with van der Waals surface area (Å²) >= 11 is 0. The number of furan rings is 1. The first-order valence-corrected chi connectivity index (χ1v) is 6.59. The van der Waals surface area contributed by atoms with Crippen molar-refractivity contribution in [3.8, 4) is 0 Å². The quantitative estimate of drug-likeness (QED) is 0.708. The highest BCUT2D eigenvalue weighted by molar-refractivity contribution is 5.82. The molecule has 0 saturated carbocycles. The van der Waals surface area contributed by atoms with Gasteiger partial charge in [0.1, 0.15) is 11.3 Å². The Morgan fingerprint density at radius 1 is 1.12 bits per heavy atom. The zero-order valence-corrected chi connectivity index (χ0v) is 11.3. The van der Waals surface area contributed by atoms with Crippen molar-refractivity contribution in [1.29, 1.82) is 0 Å². The first-order valence-electron chi connectivity index (χ1n) is 6.59. The molecule has 0 unspecified atom stereocenters. The smallest absolute Gasteiger partial charge is 0.134 e. The number of aryl methyl sites for hydroxylation is 1. The van der Waals surface area contributed by atoms with Crippen LogP contribution in [0.3, 0.4) is 0 Å². The van der Waals surface area contributed by atoms with Crippen LogP contribution < -0.4 is 0 Å². The van der Waals surface area contributed by atoms with Gasteiger partial charge in [0.15, 0.2) is 0 Å². The second-order valence-corrected chi connectivity index (χ2v) is 5.56. The molecule has 0 spiro atoms. The minimum absolute atomic E-state index is 0.550. The third kappa shape index (κ3) is 2.71. The summed E-state index contributed by atoms with van der Waals surface area (Å²) in [4.78, 5) is 0. The molecule has 0 aliphatic carbocycles. The maximum Gasteiger partial charge on any atom is 0.134 e. The van der Waals surface area contributed by atoms with Gasteiger partial charge < -0.3 is 4.42 Å². The van der Waals surface area contributed by atoms with Crippen LogP contribution in [0.5, 0.6) is 0 Å². The Bertz CT molecular complexity index is 491. The van der Waals surface area contributed by atoms with E-state index in [-0.39, 0.29) is 0 Å². The van der Waals surface area contributed by atoms with Crippen LogP contribution in [0.2, 0.25) is 0 Å². The Hall–Kier alpha value is -1.24. The molecule has 0 aliphatic rings. The monoisotopic (exact) mass is 230 g/mol. The number of hydrogen-bond acceptors (Lipinski definition) is 1. The van der Waals surface area contributed by atoms with Gasteiger partial charge in [-0.05, 0) is 36.0 Å². The fraction of sp³-hybridized carbons (Fsp3) is 0.500. The lowest BCUT2D eigenvalue weighted by Crippen LogP contribution is -1.90. The summed E-state index contributed by atoms with van der Waals surface area (Å²) in [6.07, 6.45) is 2.24. The molecule has 2 aromatic rings. The second kappa shape index (κ2) is 4.95. The predicted octanol–water partition coefficient (Wildman–Crippen LogP) is 5.14. The molecule has 1 heteroatoms. The summed E-state index contributed by atoms with van der Waals surface area (Å²) in [6.45, 7) is 8.97. The molecule has 17 heavy (non-hydrogen) atoms. The maximum atomic E-state index is 5.91. The second-order valence-electron chi connectivity index (χ2n) is 5.56. The van der Waals surface area contributed by atoms with Crippen LogP contribution in [0.15, 0.2) is 28.7 Å². The van der Waals surface area contributed by atoms with Crippen LogP contribution in [0, 0.1) is 5.92 Å². The maximum absolute atomic E-state index is 5.91. The lowest BCUT2D eigenvalue weighted by atomic mass is 9.99.